The minimum absolute atomic E-state index is 0.0669. The second-order valence-electron chi connectivity index (χ2n) is 4.92. The third-order valence-corrected chi connectivity index (χ3v) is 4.33. The molecule has 1 amide bonds. The summed E-state index contributed by atoms with van der Waals surface area (Å²) in [7, 11) is -3.83. The lowest BCUT2D eigenvalue weighted by molar-refractivity contribution is -0.129. The van der Waals surface area contributed by atoms with Crippen LogP contribution in [0.4, 0.5) is 5.69 Å². The van der Waals surface area contributed by atoms with Crippen molar-refractivity contribution in [2.24, 2.45) is 11.1 Å². The lowest BCUT2D eigenvalue weighted by atomic mass is 10.1. The van der Waals surface area contributed by atoms with Gasteiger partial charge >= 0.3 is 0 Å². The van der Waals surface area contributed by atoms with Crippen LogP contribution in [0.25, 0.3) is 0 Å². The molecule has 1 aliphatic rings. The number of rotatable bonds is 3. The topological polar surface area (TPSA) is 106 Å². The van der Waals surface area contributed by atoms with Gasteiger partial charge in [0.2, 0.25) is 15.9 Å². The van der Waals surface area contributed by atoms with Crippen molar-refractivity contribution in [3.63, 3.8) is 0 Å². The minimum atomic E-state index is -3.83. The molecule has 0 aromatic heterocycles. The highest BCUT2D eigenvalue weighted by atomic mass is 32.2. The van der Waals surface area contributed by atoms with Crippen LogP contribution in [0.2, 0.25) is 0 Å². The van der Waals surface area contributed by atoms with E-state index in [0.717, 1.165) is 0 Å². The molecule has 20 heavy (non-hydrogen) atoms. The summed E-state index contributed by atoms with van der Waals surface area (Å²) in [5.41, 5.74) is 1.07. The Morgan fingerprint density at radius 3 is 2.65 bits per heavy atom. The number of sulfonamides is 1. The highest BCUT2D eigenvalue weighted by Gasteiger charge is 2.31. The smallest absolute Gasteiger partial charge is 0.238 e. The number of hydrogen-bond acceptors (Lipinski definition) is 4. The predicted octanol–water partition coefficient (Wildman–Crippen LogP) is 0.950. The quantitative estimate of drug-likeness (QED) is 0.810. The van der Waals surface area contributed by atoms with E-state index in [-0.39, 0.29) is 16.6 Å². The lowest BCUT2D eigenvalue weighted by Gasteiger charge is -2.12. The summed E-state index contributed by atoms with van der Waals surface area (Å²) in [5.74, 6) is -1.09. The van der Waals surface area contributed by atoms with E-state index in [2.05, 4.69) is 5.32 Å². The van der Waals surface area contributed by atoms with Crippen molar-refractivity contribution in [1.29, 1.82) is 0 Å². The maximum absolute atomic E-state index is 12.0. The summed E-state index contributed by atoms with van der Waals surface area (Å²) < 4.78 is 22.6. The Labute approximate surface area is 117 Å². The second kappa shape index (κ2) is 5.34. The Balaban J connectivity index is 2.25. The van der Waals surface area contributed by atoms with Gasteiger partial charge in [0.1, 0.15) is 5.78 Å². The van der Waals surface area contributed by atoms with E-state index < -0.39 is 15.9 Å². The van der Waals surface area contributed by atoms with Crippen molar-refractivity contribution in [3.8, 4) is 0 Å². The van der Waals surface area contributed by atoms with Gasteiger partial charge in [-0.05, 0) is 37.5 Å². The molecule has 0 heterocycles. The Bertz CT molecular complexity index is 667. The summed E-state index contributed by atoms with van der Waals surface area (Å²) in [4.78, 5) is 23.5. The van der Waals surface area contributed by atoms with Gasteiger partial charge < -0.3 is 5.32 Å². The Kier molecular flexibility index (Phi) is 3.92. The molecule has 2 rings (SSSR count). The van der Waals surface area contributed by atoms with Crippen LogP contribution in [-0.4, -0.2) is 20.1 Å². The zero-order chi connectivity index (χ0) is 14.9. The van der Waals surface area contributed by atoms with Crippen LogP contribution in [0, 0.1) is 12.8 Å². The molecule has 1 aromatic rings. The first-order valence-corrected chi connectivity index (χ1v) is 7.80. The minimum Gasteiger partial charge on any atom is -0.325 e. The zero-order valence-electron chi connectivity index (χ0n) is 11.0. The molecule has 1 atom stereocenters. The number of anilines is 1. The fourth-order valence-corrected chi connectivity index (χ4v) is 2.77. The molecule has 6 nitrogen and oxygen atoms in total. The first-order chi connectivity index (χ1) is 9.29. The fraction of sp³-hybridized carbons (Fsp3) is 0.385. The van der Waals surface area contributed by atoms with Crippen molar-refractivity contribution >= 4 is 27.4 Å². The Morgan fingerprint density at radius 2 is 2.10 bits per heavy atom. The van der Waals surface area contributed by atoms with Gasteiger partial charge in [-0.25, -0.2) is 13.6 Å². The molecule has 1 fully saturated rings. The number of carbonyl (C=O) groups is 2. The number of nitrogens with two attached hydrogens (primary N) is 1. The molecule has 3 N–H and O–H groups in total. The van der Waals surface area contributed by atoms with Crippen LogP contribution < -0.4 is 10.5 Å². The molecule has 1 aliphatic carbocycles. The van der Waals surface area contributed by atoms with E-state index in [1.165, 1.54) is 12.1 Å². The van der Waals surface area contributed by atoms with Gasteiger partial charge in [0, 0.05) is 12.1 Å². The van der Waals surface area contributed by atoms with Gasteiger partial charge in [-0.15, -0.1) is 0 Å². The molecule has 108 valence electrons. The largest absolute Gasteiger partial charge is 0.325 e. The van der Waals surface area contributed by atoms with E-state index in [0.29, 0.717) is 30.5 Å². The van der Waals surface area contributed by atoms with Crippen LogP contribution >= 0.6 is 0 Å². The molecular formula is C13H16N2O4S. The normalized spacial score (nSPS) is 19.1. The second-order valence-corrected chi connectivity index (χ2v) is 6.48. The Morgan fingerprint density at radius 1 is 1.40 bits per heavy atom. The number of amides is 1. The molecule has 0 bridgehead atoms. The summed E-state index contributed by atoms with van der Waals surface area (Å²) in [6.07, 6.45) is 1.68. The monoisotopic (exact) mass is 296 g/mol. The van der Waals surface area contributed by atoms with E-state index in [1.807, 2.05) is 0 Å². The van der Waals surface area contributed by atoms with Gasteiger partial charge in [-0.2, -0.15) is 0 Å². The summed E-state index contributed by atoms with van der Waals surface area (Å²) in [6.45, 7) is 1.74. The van der Waals surface area contributed by atoms with Crippen molar-refractivity contribution in [2.45, 2.75) is 31.1 Å². The SMILES string of the molecule is Cc1ccc(S(N)(=O)=O)cc1NC(=O)C1CCCC1=O. The first kappa shape index (κ1) is 14.7. The van der Waals surface area contributed by atoms with Crippen LogP contribution in [0.3, 0.4) is 0 Å². The zero-order valence-corrected chi connectivity index (χ0v) is 11.9. The molecular weight excluding hydrogens is 280 g/mol. The van der Waals surface area contributed by atoms with E-state index in [1.54, 1.807) is 13.0 Å². The molecule has 1 aromatic carbocycles. The molecule has 7 heteroatoms. The molecule has 0 aliphatic heterocycles. The van der Waals surface area contributed by atoms with Crippen molar-refractivity contribution in [3.05, 3.63) is 23.8 Å². The van der Waals surface area contributed by atoms with E-state index in [9.17, 15) is 18.0 Å². The van der Waals surface area contributed by atoms with E-state index >= 15 is 0 Å². The Hall–Kier alpha value is -1.73. The average Bonchev–Trinajstić information content (AvgIpc) is 2.77. The third-order valence-electron chi connectivity index (χ3n) is 3.42. The standard InChI is InChI=1S/C13H16N2O4S/c1-8-5-6-9(20(14,18)19)7-11(8)15-13(17)10-3-2-4-12(10)16/h5-7,10H,2-4H2,1H3,(H,15,17)(H2,14,18,19). The maximum Gasteiger partial charge on any atom is 0.238 e. The van der Waals surface area contributed by atoms with Crippen LogP contribution in [0.1, 0.15) is 24.8 Å². The van der Waals surface area contributed by atoms with E-state index in [4.69, 9.17) is 5.14 Å². The van der Waals surface area contributed by atoms with Gasteiger partial charge in [-0.3, -0.25) is 9.59 Å². The molecule has 0 saturated heterocycles. The van der Waals surface area contributed by atoms with Crippen LogP contribution in [0.15, 0.2) is 23.1 Å². The van der Waals surface area contributed by atoms with Crippen molar-refractivity contribution in [2.75, 3.05) is 5.32 Å². The van der Waals surface area contributed by atoms with Crippen molar-refractivity contribution < 1.29 is 18.0 Å². The lowest BCUT2D eigenvalue weighted by Crippen LogP contribution is -2.26. The van der Waals surface area contributed by atoms with Crippen LogP contribution in [0.5, 0.6) is 0 Å². The summed E-state index contributed by atoms with van der Waals surface area (Å²) >= 11 is 0. The van der Waals surface area contributed by atoms with Crippen LogP contribution in [-0.2, 0) is 19.6 Å². The molecule has 0 spiro atoms. The number of nitrogens with one attached hydrogen (secondary N) is 1. The molecule has 0 radical (unpaired) electrons. The molecule has 1 unspecified atom stereocenters. The van der Waals surface area contributed by atoms with Gasteiger partial charge in [0.05, 0.1) is 10.8 Å². The number of benzene rings is 1. The number of Topliss-reactive ketones (excluding diaryl/α,β-unsaturated/α-hetero) is 1. The highest BCUT2D eigenvalue weighted by molar-refractivity contribution is 7.89. The number of primary sulfonamides is 1. The van der Waals surface area contributed by atoms with Gasteiger partial charge in [-0.1, -0.05) is 6.07 Å². The highest BCUT2D eigenvalue weighted by Crippen LogP contribution is 2.25. The first-order valence-electron chi connectivity index (χ1n) is 6.26. The third kappa shape index (κ3) is 3.05. The number of ketones is 1. The molecule has 1 saturated carbocycles. The summed E-state index contributed by atoms with van der Waals surface area (Å²) in [5, 5.41) is 7.67. The number of hydrogen-bond donors (Lipinski definition) is 2. The summed E-state index contributed by atoms with van der Waals surface area (Å²) in [6, 6.07) is 4.24. The average molecular weight is 296 g/mol. The van der Waals surface area contributed by atoms with Crippen molar-refractivity contribution in [1.82, 2.24) is 0 Å². The fourth-order valence-electron chi connectivity index (χ4n) is 2.23. The number of carbonyl (C=O) groups excluding carboxylic acids is 2. The van der Waals surface area contributed by atoms with Gasteiger partial charge in [0.25, 0.3) is 0 Å². The predicted molar refractivity (Wildman–Crippen MR) is 73.5 cm³/mol. The number of aryl methyl sites for hydroxylation is 1. The maximum atomic E-state index is 12.0. The van der Waals surface area contributed by atoms with Gasteiger partial charge in [0.15, 0.2) is 0 Å².